The molecule has 0 spiro atoms. The number of hydrogen-bond donors (Lipinski definition) is 0. The zero-order valence-electron chi connectivity index (χ0n) is 10.8. The second-order valence-electron chi connectivity index (χ2n) is 5.22. The lowest BCUT2D eigenvalue weighted by atomic mass is 10.2. The van der Waals surface area contributed by atoms with Crippen LogP contribution in [0.4, 0.5) is 0 Å². The van der Waals surface area contributed by atoms with E-state index in [0.29, 0.717) is 12.1 Å². The summed E-state index contributed by atoms with van der Waals surface area (Å²) >= 11 is 0. The van der Waals surface area contributed by atoms with E-state index < -0.39 is 0 Å². The van der Waals surface area contributed by atoms with Gasteiger partial charge in [0.15, 0.2) is 0 Å². The first kappa shape index (κ1) is 12.2. The molecule has 2 heterocycles. The summed E-state index contributed by atoms with van der Waals surface area (Å²) < 4.78 is 11.4. The van der Waals surface area contributed by atoms with Gasteiger partial charge in [-0.3, -0.25) is 4.90 Å². The second-order valence-corrected chi connectivity index (χ2v) is 5.22. The predicted molar refractivity (Wildman–Crippen MR) is 70.4 cm³/mol. The molecule has 0 aliphatic carbocycles. The van der Waals surface area contributed by atoms with Crippen molar-refractivity contribution in [2.75, 3.05) is 26.3 Å². The SMILES string of the molecule is c1ccc(CO[C@@H]2CCN(C3CCOC3)C2)cc1. The molecule has 2 aliphatic heterocycles. The third kappa shape index (κ3) is 2.91. The largest absolute Gasteiger partial charge is 0.380 e. The predicted octanol–water partition coefficient (Wildman–Crippen LogP) is 2.07. The standard InChI is InChI=1S/C15H21NO2/c1-2-4-13(5-3-1)11-18-15-6-8-16(10-15)14-7-9-17-12-14/h1-5,14-15H,6-12H2/t14?,15-/m1/s1. The van der Waals surface area contributed by atoms with Crippen molar-refractivity contribution in [2.45, 2.75) is 31.6 Å². The van der Waals surface area contributed by atoms with Gasteiger partial charge in [0.05, 0.1) is 19.3 Å². The molecule has 1 aromatic carbocycles. The summed E-state index contributed by atoms with van der Waals surface area (Å²) in [6.45, 7) is 4.80. The molecule has 98 valence electrons. The van der Waals surface area contributed by atoms with Crippen molar-refractivity contribution in [1.29, 1.82) is 0 Å². The van der Waals surface area contributed by atoms with Gasteiger partial charge in [0.25, 0.3) is 0 Å². The Morgan fingerprint density at radius 3 is 2.89 bits per heavy atom. The molecule has 2 fully saturated rings. The lowest BCUT2D eigenvalue weighted by molar-refractivity contribution is 0.0423. The minimum absolute atomic E-state index is 0.394. The number of nitrogens with zero attached hydrogens (tertiary/aromatic N) is 1. The molecule has 3 rings (SSSR count). The summed E-state index contributed by atoms with van der Waals surface area (Å²) in [4.78, 5) is 2.53. The molecule has 3 heteroatoms. The number of rotatable bonds is 4. The fourth-order valence-electron chi connectivity index (χ4n) is 2.82. The molecule has 18 heavy (non-hydrogen) atoms. The summed E-state index contributed by atoms with van der Waals surface area (Å²) in [5.41, 5.74) is 1.26. The van der Waals surface area contributed by atoms with E-state index in [1.54, 1.807) is 0 Å². The molecule has 0 bridgehead atoms. The van der Waals surface area contributed by atoms with Crippen LogP contribution in [-0.2, 0) is 16.1 Å². The lowest BCUT2D eigenvalue weighted by Gasteiger charge is -2.22. The monoisotopic (exact) mass is 247 g/mol. The maximum absolute atomic E-state index is 6.00. The molecular weight excluding hydrogens is 226 g/mol. The van der Waals surface area contributed by atoms with E-state index in [1.165, 1.54) is 12.0 Å². The van der Waals surface area contributed by atoms with Crippen LogP contribution in [0.3, 0.4) is 0 Å². The molecule has 0 radical (unpaired) electrons. The van der Waals surface area contributed by atoms with E-state index in [4.69, 9.17) is 9.47 Å². The minimum Gasteiger partial charge on any atom is -0.380 e. The van der Waals surface area contributed by atoms with E-state index in [9.17, 15) is 0 Å². The van der Waals surface area contributed by atoms with Crippen LogP contribution in [0.2, 0.25) is 0 Å². The number of likely N-dealkylation sites (tertiary alicyclic amines) is 1. The van der Waals surface area contributed by atoms with Crippen LogP contribution in [-0.4, -0.2) is 43.3 Å². The van der Waals surface area contributed by atoms with Crippen LogP contribution in [0.5, 0.6) is 0 Å². The van der Waals surface area contributed by atoms with Crippen molar-refractivity contribution in [3.63, 3.8) is 0 Å². The van der Waals surface area contributed by atoms with Crippen molar-refractivity contribution in [1.82, 2.24) is 4.90 Å². The average Bonchev–Trinajstić information content (AvgIpc) is 3.08. The number of benzene rings is 1. The smallest absolute Gasteiger partial charge is 0.0721 e. The first-order valence-electron chi connectivity index (χ1n) is 6.89. The van der Waals surface area contributed by atoms with Gasteiger partial charge in [-0.25, -0.2) is 0 Å². The van der Waals surface area contributed by atoms with E-state index in [-0.39, 0.29) is 0 Å². The Bertz CT molecular complexity index is 362. The Hall–Kier alpha value is -0.900. The summed E-state index contributed by atoms with van der Waals surface area (Å²) in [6.07, 6.45) is 2.74. The van der Waals surface area contributed by atoms with Crippen molar-refractivity contribution in [3.05, 3.63) is 35.9 Å². The zero-order valence-corrected chi connectivity index (χ0v) is 10.8. The van der Waals surface area contributed by atoms with Crippen LogP contribution in [0.25, 0.3) is 0 Å². The first-order chi connectivity index (χ1) is 8.92. The molecule has 0 saturated carbocycles. The first-order valence-corrected chi connectivity index (χ1v) is 6.89. The molecule has 2 atom stereocenters. The number of hydrogen-bond acceptors (Lipinski definition) is 3. The summed E-state index contributed by atoms with van der Waals surface area (Å²) in [7, 11) is 0. The maximum atomic E-state index is 6.00. The zero-order chi connectivity index (χ0) is 12.2. The summed E-state index contributed by atoms with van der Waals surface area (Å²) in [5, 5.41) is 0. The Morgan fingerprint density at radius 2 is 2.11 bits per heavy atom. The molecule has 2 saturated heterocycles. The third-order valence-electron chi connectivity index (χ3n) is 3.93. The summed E-state index contributed by atoms with van der Waals surface area (Å²) in [5.74, 6) is 0. The lowest BCUT2D eigenvalue weighted by Crippen LogP contribution is -2.34. The Labute approximate surface area is 109 Å². The molecule has 0 aromatic heterocycles. The Balaban J connectivity index is 1.45. The van der Waals surface area contributed by atoms with Gasteiger partial charge in [0.2, 0.25) is 0 Å². The van der Waals surface area contributed by atoms with E-state index >= 15 is 0 Å². The summed E-state index contributed by atoms with van der Waals surface area (Å²) in [6, 6.07) is 11.1. The van der Waals surface area contributed by atoms with E-state index in [1.807, 2.05) is 6.07 Å². The highest BCUT2D eigenvalue weighted by Crippen LogP contribution is 2.21. The molecule has 2 aliphatic rings. The Morgan fingerprint density at radius 1 is 1.22 bits per heavy atom. The molecular formula is C15H21NO2. The van der Waals surface area contributed by atoms with Gasteiger partial charge in [0.1, 0.15) is 0 Å². The number of ether oxygens (including phenoxy) is 2. The van der Waals surface area contributed by atoms with Crippen molar-refractivity contribution in [3.8, 4) is 0 Å². The van der Waals surface area contributed by atoms with Gasteiger partial charge < -0.3 is 9.47 Å². The molecule has 0 N–H and O–H groups in total. The Kier molecular flexibility index (Phi) is 3.93. The minimum atomic E-state index is 0.394. The highest BCUT2D eigenvalue weighted by Gasteiger charge is 2.30. The van der Waals surface area contributed by atoms with Crippen molar-refractivity contribution < 1.29 is 9.47 Å². The van der Waals surface area contributed by atoms with Crippen LogP contribution in [0.1, 0.15) is 18.4 Å². The van der Waals surface area contributed by atoms with Gasteiger partial charge in [-0.15, -0.1) is 0 Å². The highest BCUT2D eigenvalue weighted by molar-refractivity contribution is 5.13. The van der Waals surface area contributed by atoms with Crippen LogP contribution in [0, 0.1) is 0 Å². The fourth-order valence-corrected chi connectivity index (χ4v) is 2.82. The van der Waals surface area contributed by atoms with E-state index in [2.05, 4.69) is 29.2 Å². The van der Waals surface area contributed by atoms with Crippen LogP contribution >= 0.6 is 0 Å². The van der Waals surface area contributed by atoms with E-state index in [0.717, 1.165) is 39.3 Å². The molecule has 1 unspecified atom stereocenters. The molecule has 0 amide bonds. The topological polar surface area (TPSA) is 21.7 Å². The third-order valence-corrected chi connectivity index (χ3v) is 3.93. The van der Waals surface area contributed by atoms with Gasteiger partial charge >= 0.3 is 0 Å². The highest BCUT2D eigenvalue weighted by atomic mass is 16.5. The average molecular weight is 247 g/mol. The molecule has 3 nitrogen and oxygen atoms in total. The van der Waals surface area contributed by atoms with Crippen molar-refractivity contribution in [2.24, 2.45) is 0 Å². The van der Waals surface area contributed by atoms with Crippen LogP contribution < -0.4 is 0 Å². The fraction of sp³-hybridized carbons (Fsp3) is 0.600. The maximum Gasteiger partial charge on any atom is 0.0721 e. The van der Waals surface area contributed by atoms with Gasteiger partial charge in [0, 0.05) is 25.7 Å². The van der Waals surface area contributed by atoms with Gasteiger partial charge in [-0.2, -0.15) is 0 Å². The van der Waals surface area contributed by atoms with Gasteiger partial charge in [-0.1, -0.05) is 30.3 Å². The van der Waals surface area contributed by atoms with Crippen molar-refractivity contribution >= 4 is 0 Å². The van der Waals surface area contributed by atoms with Gasteiger partial charge in [-0.05, 0) is 18.4 Å². The molecule has 1 aromatic rings. The quantitative estimate of drug-likeness (QED) is 0.813. The normalized spacial score (nSPS) is 28.9. The van der Waals surface area contributed by atoms with Crippen LogP contribution in [0.15, 0.2) is 30.3 Å². The second kappa shape index (κ2) is 5.83.